The van der Waals surface area contributed by atoms with Crippen LogP contribution in [0.2, 0.25) is 0 Å². The molecule has 2 amide bonds. The van der Waals surface area contributed by atoms with E-state index < -0.39 is 0 Å². The lowest BCUT2D eigenvalue weighted by atomic mass is 10.0. The molecule has 0 aliphatic carbocycles. The fraction of sp³-hybridized carbons (Fsp3) is 0.647. The zero-order valence-corrected chi connectivity index (χ0v) is 14.5. The fourth-order valence-corrected chi connectivity index (χ4v) is 3.05. The van der Waals surface area contributed by atoms with Crippen LogP contribution < -0.4 is 5.32 Å². The van der Waals surface area contributed by atoms with Gasteiger partial charge in [-0.2, -0.15) is 0 Å². The van der Waals surface area contributed by atoms with Gasteiger partial charge in [-0.1, -0.05) is 6.92 Å². The molecule has 1 aliphatic heterocycles. The van der Waals surface area contributed by atoms with E-state index in [9.17, 15) is 9.59 Å². The molecule has 0 spiro atoms. The summed E-state index contributed by atoms with van der Waals surface area (Å²) in [5.74, 6) is 1.18. The summed E-state index contributed by atoms with van der Waals surface area (Å²) in [6.45, 7) is 9.74. The molecule has 1 fully saturated rings. The Balaban J connectivity index is 2.14. The first-order valence-electron chi connectivity index (χ1n) is 8.34. The smallest absolute Gasteiger partial charge is 0.224 e. The Morgan fingerprint density at radius 1 is 1.22 bits per heavy atom. The summed E-state index contributed by atoms with van der Waals surface area (Å²) in [7, 11) is 0. The third kappa shape index (κ3) is 4.06. The van der Waals surface area contributed by atoms with Crippen molar-refractivity contribution in [1.29, 1.82) is 0 Å². The summed E-state index contributed by atoms with van der Waals surface area (Å²) in [6.07, 6.45) is 1.76. The van der Waals surface area contributed by atoms with Gasteiger partial charge < -0.3 is 10.2 Å². The minimum Gasteiger partial charge on any atom is -0.356 e. The number of nitrogens with zero attached hydrogens (tertiary/aromatic N) is 3. The topological polar surface area (TPSA) is 75.2 Å². The molecule has 2 rings (SSSR count). The van der Waals surface area contributed by atoms with Crippen molar-refractivity contribution < 1.29 is 9.59 Å². The number of carbonyl (C=O) groups excluding carboxylic acids is 2. The summed E-state index contributed by atoms with van der Waals surface area (Å²) in [5, 5.41) is 2.80. The lowest BCUT2D eigenvalue weighted by Gasteiger charge is -2.16. The van der Waals surface area contributed by atoms with Crippen LogP contribution in [0.25, 0.3) is 0 Å². The first-order valence-corrected chi connectivity index (χ1v) is 8.34. The number of likely N-dealkylation sites (N-methyl/N-ethyl adjacent to an activating group) is 1. The van der Waals surface area contributed by atoms with E-state index in [4.69, 9.17) is 0 Å². The maximum atomic E-state index is 11.8. The van der Waals surface area contributed by atoms with E-state index in [0.29, 0.717) is 25.9 Å². The zero-order valence-electron chi connectivity index (χ0n) is 14.5. The predicted molar refractivity (Wildman–Crippen MR) is 88.1 cm³/mol. The molecule has 126 valence electrons. The van der Waals surface area contributed by atoms with E-state index in [0.717, 1.165) is 35.7 Å². The van der Waals surface area contributed by atoms with E-state index in [1.807, 2.05) is 32.6 Å². The number of hydrogen-bond acceptors (Lipinski definition) is 4. The van der Waals surface area contributed by atoms with Gasteiger partial charge in [0.1, 0.15) is 5.82 Å². The molecule has 6 nitrogen and oxygen atoms in total. The van der Waals surface area contributed by atoms with Gasteiger partial charge in [-0.05, 0) is 27.2 Å². The number of likely N-dealkylation sites (tertiary alicyclic amines) is 1. The Morgan fingerprint density at radius 2 is 1.87 bits per heavy atom. The zero-order chi connectivity index (χ0) is 17.0. The van der Waals surface area contributed by atoms with Crippen molar-refractivity contribution in [3.8, 4) is 0 Å². The van der Waals surface area contributed by atoms with E-state index in [1.54, 1.807) is 0 Å². The number of carbonyl (C=O) groups is 2. The standard InChI is InChI=1S/C17H26N4O2/c1-5-16(23)21-8-7-13(10-21)17-19-11(3)14(12(4)20-17)9-15(22)18-6-2/h13H,5-10H2,1-4H3,(H,18,22). The van der Waals surface area contributed by atoms with Crippen molar-refractivity contribution in [3.63, 3.8) is 0 Å². The van der Waals surface area contributed by atoms with Gasteiger partial charge in [0.25, 0.3) is 0 Å². The van der Waals surface area contributed by atoms with Crippen molar-refractivity contribution in [1.82, 2.24) is 20.2 Å². The third-order valence-electron chi connectivity index (χ3n) is 4.36. The number of amides is 2. The van der Waals surface area contributed by atoms with Crippen molar-refractivity contribution in [2.24, 2.45) is 0 Å². The Kier molecular flexibility index (Phi) is 5.69. The van der Waals surface area contributed by atoms with Crippen LogP contribution in [0.5, 0.6) is 0 Å². The minimum atomic E-state index is -0.00404. The third-order valence-corrected chi connectivity index (χ3v) is 4.36. The molecule has 1 N–H and O–H groups in total. The molecule has 2 heterocycles. The first-order chi connectivity index (χ1) is 11.0. The molecule has 1 aromatic rings. The van der Waals surface area contributed by atoms with Crippen molar-refractivity contribution in [2.75, 3.05) is 19.6 Å². The molecule has 1 unspecified atom stereocenters. The van der Waals surface area contributed by atoms with Crippen molar-refractivity contribution >= 4 is 11.8 Å². The lowest BCUT2D eigenvalue weighted by Crippen LogP contribution is -2.28. The highest BCUT2D eigenvalue weighted by molar-refractivity contribution is 5.79. The predicted octanol–water partition coefficient (Wildman–Crippen LogP) is 1.50. The quantitative estimate of drug-likeness (QED) is 0.892. The highest BCUT2D eigenvalue weighted by atomic mass is 16.2. The number of rotatable bonds is 5. The summed E-state index contributed by atoms with van der Waals surface area (Å²) in [6, 6.07) is 0. The molecular weight excluding hydrogens is 292 g/mol. The van der Waals surface area contributed by atoms with Crippen LogP contribution in [-0.4, -0.2) is 46.3 Å². The van der Waals surface area contributed by atoms with Gasteiger partial charge >= 0.3 is 0 Å². The van der Waals surface area contributed by atoms with Gasteiger partial charge in [0.05, 0.1) is 6.42 Å². The van der Waals surface area contributed by atoms with Gasteiger partial charge in [0.2, 0.25) is 11.8 Å². The number of aryl methyl sites for hydroxylation is 2. The van der Waals surface area contributed by atoms with Crippen LogP contribution in [0, 0.1) is 13.8 Å². The highest BCUT2D eigenvalue weighted by Crippen LogP contribution is 2.26. The molecular formula is C17H26N4O2. The van der Waals surface area contributed by atoms with E-state index in [-0.39, 0.29) is 17.7 Å². The van der Waals surface area contributed by atoms with Gasteiger partial charge in [-0.25, -0.2) is 9.97 Å². The maximum Gasteiger partial charge on any atom is 0.224 e. The normalized spacial score (nSPS) is 17.4. The number of hydrogen-bond donors (Lipinski definition) is 1. The Bertz CT molecular complexity index is 577. The van der Waals surface area contributed by atoms with Gasteiger partial charge in [0.15, 0.2) is 0 Å². The molecule has 0 aromatic carbocycles. The maximum absolute atomic E-state index is 11.8. The van der Waals surface area contributed by atoms with E-state index in [1.165, 1.54) is 0 Å². The number of nitrogens with one attached hydrogen (secondary N) is 1. The fourth-order valence-electron chi connectivity index (χ4n) is 3.05. The average molecular weight is 318 g/mol. The molecule has 1 atom stereocenters. The monoisotopic (exact) mass is 318 g/mol. The molecule has 1 saturated heterocycles. The summed E-state index contributed by atoms with van der Waals surface area (Å²) >= 11 is 0. The van der Waals surface area contributed by atoms with Crippen LogP contribution in [0.15, 0.2) is 0 Å². The van der Waals surface area contributed by atoms with Gasteiger partial charge in [-0.15, -0.1) is 0 Å². The van der Waals surface area contributed by atoms with Crippen molar-refractivity contribution in [3.05, 3.63) is 22.8 Å². The average Bonchev–Trinajstić information content (AvgIpc) is 3.00. The summed E-state index contributed by atoms with van der Waals surface area (Å²) < 4.78 is 0. The van der Waals surface area contributed by atoms with Crippen LogP contribution in [0.1, 0.15) is 55.4 Å². The second kappa shape index (κ2) is 7.53. The summed E-state index contributed by atoms with van der Waals surface area (Å²) in [4.78, 5) is 34.7. The molecule has 0 radical (unpaired) electrons. The Morgan fingerprint density at radius 3 is 2.43 bits per heavy atom. The Hall–Kier alpha value is -1.98. The lowest BCUT2D eigenvalue weighted by molar-refractivity contribution is -0.129. The second-order valence-electron chi connectivity index (χ2n) is 6.04. The molecule has 0 saturated carbocycles. The molecule has 6 heteroatoms. The van der Waals surface area contributed by atoms with Crippen LogP contribution >= 0.6 is 0 Å². The van der Waals surface area contributed by atoms with Crippen LogP contribution in [0.3, 0.4) is 0 Å². The van der Waals surface area contributed by atoms with Crippen LogP contribution in [-0.2, 0) is 16.0 Å². The van der Waals surface area contributed by atoms with Crippen molar-refractivity contribution in [2.45, 2.75) is 52.9 Å². The van der Waals surface area contributed by atoms with Gasteiger partial charge in [0, 0.05) is 48.9 Å². The molecule has 1 aliphatic rings. The Labute approximate surface area is 137 Å². The SMILES string of the molecule is CCNC(=O)Cc1c(C)nc(C2CCN(C(=O)CC)C2)nc1C. The molecule has 0 bridgehead atoms. The van der Waals surface area contributed by atoms with E-state index in [2.05, 4.69) is 15.3 Å². The molecule has 1 aromatic heterocycles. The number of aromatic nitrogens is 2. The largest absolute Gasteiger partial charge is 0.356 e. The molecule has 23 heavy (non-hydrogen) atoms. The highest BCUT2D eigenvalue weighted by Gasteiger charge is 2.29. The van der Waals surface area contributed by atoms with E-state index >= 15 is 0 Å². The van der Waals surface area contributed by atoms with Crippen LogP contribution in [0.4, 0.5) is 0 Å². The summed E-state index contributed by atoms with van der Waals surface area (Å²) in [5.41, 5.74) is 2.62. The van der Waals surface area contributed by atoms with Gasteiger partial charge in [-0.3, -0.25) is 9.59 Å². The first kappa shape index (κ1) is 17.4. The second-order valence-corrected chi connectivity index (χ2v) is 6.04. The minimum absolute atomic E-state index is 0.00404.